The summed E-state index contributed by atoms with van der Waals surface area (Å²) in [7, 11) is -8.00. The van der Waals surface area contributed by atoms with Crippen LogP contribution in [0.15, 0.2) is 48.5 Å². The summed E-state index contributed by atoms with van der Waals surface area (Å²) in [5, 5.41) is 7.99. The number of rotatable bonds is 8. The zero-order chi connectivity index (χ0) is 24.6. The first-order valence-electron chi connectivity index (χ1n) is 11.3. The number of benzene rings is 2. The molecule has 0 aromatic heterocycles. The summed E-state index contributed by atoms with van der Waals surface area (Å²) in [6.45, 7) is 1.19. The minimum absolute atomic E-state index is 0.0545. The second-order valence-electron chi connectivity index (χ2n) is 9.20. The predicted molar refractivity (Wildman–Crippen MR) is 133 cm³/mol. The third-order valence-corrected chi connectivity index (χ3v) is 9.97. The number of nitrogens with one attached hydrogen (secondary N) is 1. The number of anilines is 1. The fourth-order valence-corrected chi connectivity index (χ4v) is 8.23. The van der Waals surface area contributed by atoms with Crippen molar-refractivity contribution in [1.29, 1.82) is 5.41 Å². The van der Waals surface area contributed by atoms with Gasteiger partial charge in [-0.05, 0) is 74.0 Å². The highest BCUT2D eigenvalue weighted by Gasteiger charge is 2.46. The lowest BCUT2D eigenvalue weighted by molar-refractivity contribution is 0.112. The smallest absolute Gasteiger partial charge is 0.245 e. The van der Waals surface area contributed by atoms with E-state index in [4.69, 9.17) is 10.1 Å². The Morgan fingerprint density at radius 1 is 1.06 bits per heavy atom. The molecule has 4 rings (SSSR count). The number of sulfonamides is 2. The number of hydrogen-bond acceptors (Lipinski definition) is 7. The number of hydrogen-bond donors (Lipinski definition) is 1. The van der Waals surface area contributed by atoms with Gasteiger partial charge >= 0.3 is 0 Å². The molecule has 2 saturated heterocycles. The van der Waals surface area contributed by atoms with Gasteiger partial charge in [0.25, 0.3) is 0 Å². The van der Waals surface area contributed by atoms with Gasteiger partial charge < -0.3 is 10.1 Å². The second kappa shape index (κ2) is 9.31. The zero-order valence-corrected chi connectivity index (χ0v) is 21.1. The van der Waals surface area contributed by atoms with E-state index in [1.165, 1.54) is 30.5 Å². The summed E-state index contributed by atoms with van der Waals surface area (Å²) in [5.74, 6) is 0.673. The van der Waals surface area contributed by atoms with Gasteiger partial charge in [-0.15, -0.1) is 0 Å². The van der Waals surface area contributed by atoms with Crippen LogP contribution in [0.1, 0.15) is 49.3 Å². The highest BCUT2D eigenvalue weighted by atomic mass is 32.3. The average molecular weight is 506 g/mol. The lowest BCUT2D eigenvalue weighted by atomic mass is 9.88. The Bertz CT molecular complexity index is 1230. The first-order chi connectivity index (χ1) is 16.0. The van der Waals surface area contributed by atoms with Gasteiger partial charge in [-0.1, -0.05) is 24.3 Å². The normalized spacial score (nSPS) is 23.3. The van der Waals surface area contributed by atoms with Crippen molar-refractivity contribution < 1.29 is 21.6 Å². The number of ether oxygens (including phenoxy) is 1. The molecule has 0 bridgehead atoms. The molecular formula is C24H31N3O5S2. The van der Waals surface area contributed by atoms with Crippen LogP contribution in [-0.4, -0.2) is 52.5 Å². The molecule has 2 aliphatic rings. The molecule has 1 N–H and O–H groups in total. The maximum Gasteiger partial charge on any atom is 0.245 e. The first-order valence-corrected chi connectivity index (χ1v) is 15.0. The largest absolute Gasteiger partial charge is 0.489 e. The minimum atomic E-state index is -4.00. The molecule has 8 nitrogen and oxygen atoms in total. The van der Waals surface area contributed by atoms with Crippen LogP contribution < -0.4 is 8.45 Å². The third-order valence-electron chi connectivity index (χ3n) is 6.72. The second-order valence-corrected chi connectivity index (χ2v) is 13.1. The van der Waals surface area contributed by atoms with Gasteiger partial charge in [0.1, 0.15) is 12.4 Å². The van der Waals surface area contributed by atoms with E-state index in [2.05, 4.69) is 17.0 Å². The Hall–Kier alpha value is -2.43. The molecule has 2 aromatic rings. The van der Waals surface area contributed by atoms with E-state index >= 15 is 0 Å². The summed E-state index contributed by atoms with van der Waals surface area (Å²) >= 11 is 0. The third kappa shape index (κ3) is 4.99. The summed E-state index contributed by atoms with van der Waals surface area (Å²) in [5.41, 5.74) is 1.84. The molecular weight excluding hydrogens is 474 g/mol. The van der Waals surface area contributed by atoms with Crippen molar-refractivity contribution in [3.8, 4) is 5.75 Å². The lowest BCUT2D eigenvalue weighted by Gasteiger charge is -2.42. The quantitative estimate of drug-likeness (QED) is 0.548. The van der Waals surface area contributed by atoms with E-state index in [1.807, 2.05) is 12.1 Å². The molecule has 184 valence electrons. The van der Waals surface area contributed by atoms with Crippen LogP contribution in [0.25, 0.3) is 0 Å². The lowest BCUT2D eigenvalue weighted by Crippen LogP contribution is -2.49. The highest BCUT2D eigenvalue weighted by Crippen LogP contribution is 2.46. The molecule has 34 heavy (non-hydrogen) atoms. The van der Waals surface area contributed by atoms with Crippen molar-refractivity contribution in [1.82, 2.24) is 4.90 Å². The average Bonchev–Trinajstić information content (AvgIpc) is 3.17. The minimum Gasteiger partial charge on any atom is -0.489 e. The Balaban J connectivity index is 1.46. The Labute approximate surface area is 202 Å². The van der Waals surface area contributed by atoms with E-state index in [1.54, 1.807) is 18.3 Å². The Morgan fingerprint density at radius 2 is 1.76 bits per heavy atom. The van der Waals surface area contributed by atoms with E-state index < -0.39 is 20.0 Å². The van der Waals surface area contributed by atoms with Gasteiger partial charge in [-0.2, -0.15) is 3.71 Å². The molecule has 2 aliphatic heterocycles. The van der Waals surface area contributed by atoms with Crippen molar-refractivity contribution in [2.75, 3.05) is 22.8 Å². The van der Waals surface area contributed by atoms with E-state index in [0.29, 0.717) is 21.1 Å². The molecule has 0 spiro atoms. The topological polar surface area (TPSA) is 108 Å². The summed E-state index contributed by atoms with van der Waals surface area (Å²) in [6, 6.07) is 14.6. The van der Waals surface area contributed by atoms with Crippen LogP contribution in [0.3, 0.4) is 0 Å². The molecule has 10 heteroatoms. The van der Waals surface area contributed by atoms with E-state index in [-0.39, 0.29) is 17.8 Å². The Morgan fingerprint density at radius 3 is 2.41 bits per heavy atom. The van der Waals surface area contributed by atoms with Gasteiger partial charge in [0, 0.05) is 12.3 Å². The SMILES string of the molecule is CS(=O)(=O)N(c1cccc(COc2ccc([C@H]3CC[C@@]4(C=N)CCCCN34)cc2)c1)S(C)(=O)=O. The van der Waals surface area contributed by atoms with E-state index in [9.17, 15) is 16.8 Å². The molecule has 0 saturated carbocycles. The maximum absolute atomic E-state index is 12.0. The molecule has 0 aliphatic carbocycles. The fourth-order valence-electron chi connectivity index (χ4n) is 5.27. The van der Waals surface area contributed by atoms with Crippen LogP contribution in [-0.2, 0) is 26.7 Å². The van der Waals surface area contributed by atoms with Crippen molar-refractivity contribution in [2.45, 2.75) is 50.3 Å². The summed E-state index contributed by atoms with van der Waals surface area (Å²) < 4.78 is 54.5. The van der Waals surface area contributed by atoms with Crippen LogP contribution in [0.4, 0.5) is 5.69 Å². The number of nitrogens with zero attached hydrogens (tertiary/aromatic N) is 2. The molecule has 2 fully saturated rings. The van der Waals surface area contributed by atoms with Gasteiger partial charge in [0.2, 0.25) is 20.0 Å². The van der Waals surface area contributed by atoms with Gasteiger partial charge in [0.05, 0.1) is 23.7 Å². The molecule has 0 unspecified atom stereocenters. The Kier molecular flexibility index (Phi) is 6.76. The van der Waals surface area contributed by atoms with Crippen LogP contribution in [0, 0.1) is 5.41 Å². The summed E-state index contributed by atoms with van der Waals surface area (Å²) in [6.07, 6.45) is 8.84. The molecule has 0 amide bonds. The fraction of sp³-hybridized carbons (Fsp3) is 0.458. The number of fused-ring (bicyclic) bond motifs is 1. The maximum atomic E-state index is 12.0. The van der Waals surface area contributed by atoms with Gasteiger partial charge in [-0.3, -0.25) is 4.90 Å². The molecule has 0 radical (unpaired) electrons. The monoisotopic (exact) mass is 505 g/mol. The van der Waals surface area contributed by atoms with Crippen LogP contribution in [0.5, 0.6) is 5.75 Å². The number of piperidine rings is 1. The summed E-state index contributed by atoms with van der Waals surface area (Å²) in [4.78, 5) is 2.49. The van der Waals surface area contributed by atoms with Crippen LogP contribution >= 0.6 is 0 Å². The van der Waals surface area contributed by atoms with Crippen molar-refractivity contribution in [3.63, 3.8) is 0 Å². The van der Waals surface area contributed by atoms with Crippen molar-refractivity contribution in [2.24, 2.45) is 0 Å². The van der Waals surface area contributed by atoms with Gasteiger partial charge in [0.15, 0.2) is 0 Å². The van der Waals surface area contributed by atoms with Crippen molar-refractivity contribution >= 4 is 31.9 Å². The standard InChI is InChI=1S/C24H31N3O5S2/c1-33(28,29)27(34(2,30)31)21-7-5-6-19(16-21)17-32-22-10-8-20(9-11-22)23-12-14-24(18-25)13-3-4-15-26(23)24/h5-11,16,18,23,25H,3-4,12-15,17H2,1-2H3/t23-,24-/m1/s1. The van der Waals surface area contributed by atoms with E-state index in [0.717, 1.165) is 38.3 Å². The highest BCUT2D eigenvalue weighted by molar-refractivity contribution is 8.09. The predicted octanol–water partition coefficient (Wildman–Crippen LogP) is 3.70. The zero-order valence-electron chi connectivity index (χ0n) is 19.5. The first kappa shape index (κ1) is 24.7. The van der Waals surface area contributed by atoms with Crippen molar-refractivity contribution in [3.05, 3.63) is 59.7 Å². The molecule has 2 atom stereocenters. The van der Waals surface area contributed by atoms with Crippen LogP contribution in [0.2, 0.25) is 0 Å². The molecule has 2 aromatic carbocycles. The van der Waals surface area contributed by atoms with Gasteiger partial charge in [-0.25, -0.2) is 16.8 Å². The molecule has 2 heterocycles.